The summed E-state index contributed by atoms with van der Waals surface area (Å²) in [6, 6.07) is 0.238. The van der Waals surface area contributed by atoms with Gasteiger partial charge >= 0.3 is 5.97 Å². The molecule has 0 aromatic heterocycles. The van der Waals surface area contributed by atoms with Crippen LogP contribution in [0.5, 0.6) is 0 Å². The Kier molecular flexibility index (Phi) is 4.57. The van der Waals surface area contributed by atoms with Crippen LogP contribution < -0.4 is 5.32 Å². The molecule has 4 heteroatoms. The summed E-state index contributed by atoms with van der Waals surface area (Å²) in [5.41, 5.74) is -0.276. The van der Waals surface area contributed by atoms with Gasteiger partial charge in [0.1, 0.15) is 0 Å². The van der Waals surface area contributed by atoms with Gasteiger partial charge in [0.25, 0.3) is 5.91 Å². The van der Waals surface area contributed by atoms with Gasteiger partial charge in [0.2, 0.25) is 0 Å². The molecular weight excluding hydrogens is 314 g/mol. The van der Waals surface area contributed by atoms with Crippen molar-refractivity contribution in [3.05, 3.63) is 0 Å². The maximum atomic E-state index is 13.0. The second kappa shape index (κ2) is 6.59. The lowest BCUT2D eigenvalue weighted by atomic mass is 9.49. The maximum absolute atomic E-state index is 13.0. The summed E-state index contributed by atoms with van der Waals surface area (Å²) in [6.07, 6.45) is 10.9. The lowest BCUT2D eigenvalue weighted by Gasteiger charge is -2.55. The Hall–Kier alpha value is -1.06. The lowest BCUT2D eigenvalue weighted by molar-refractivity contribution is -0.178. The number of carbonyl (C=O) groups excluding carboxylic acids is 2. The fraction of sp³-hybridized carbons (Fsp3) is 0.905. The van der Waals surface area contributed by atoms with Crippen LogP contribution in [0.15, 0.2) is 0 Å². The van der Waals surface area contributed by atoms with Gasteiger partial charge in [-0.15, -0.1) is 0 Å². The number of amides is 1. The number of hydrogen-bond acceptors (Lipinski definition) is 3. The first-order valence-electron chi connectivity index (χ1n) is 10.5. The molecular formula is C21H33NO3. The van der Waals surface area contributed by atoms with Crippen LogP contribution in [0.3, 0.4) is 0 Å². The van der Waals surface area contributed by atoms with Gasteiger partial charge in [0, 0.05) is 6.04 Å². The molecule has 5 aliphatic rings. The number of nitrogens with one attached hydrogen (secondary N) is 1. The van der Waals surface area contributed by atoms with E-state index in [0.717, 1.165) is 25.7 Å². The molecule has 5 saturated carbocycles. The fourth-order valence-electron chi connectivity index (χ4n) is 6.53. The third kappa shape index (κ3) is 3.33. The van der Waals surface area contributed by atoms with Crippen LogP contribution in [-0.4, -0.2) is 24.0 Å². The summed E-state index contributed by atoms with van der Waals surface area (Å²) >= 11 is 0. The van der Waals surface area contributed by atoms with Crippen LogP contribution in [0.25, 0.3) is 0 Å². The Morgan fingerprint density at radius 1 is 1.00 bits per heavy atom. The maximum Gasteiger partial charge on any atom is 0.312 e. The summed E-state index contributed by atoms with van der Waals surface area (Å²) < 4.78 is 5.72. The van der Waals surface area contributed by atoms with Gasteiger partial charge in [0.05, 0.1) is 5.41 Å². The van der Waals surface area contributed by atoms with E-state index in [1.807, 2.05) is 0 Å². The summed E-state index contributed by atoms with van der Waals surface area (Å²) in [6.45, 7) is 3.94. The summed E-state index contributed by atoms with van der Waals surface area (Å²) in [5.74, 6) is 2.45. The van der Waals surface area contributed by atoms with E-state index in [0.29, 0.717) is 23.7 Å². The van der Waals surface area contributed by atoms with Crippen molar-refractivity contribution in [3.63, 3.8) is 0 Å². The van der Waals surface area contributed by atoms with Gasteiger partial charge in [-0.1, -0.05) is 19.8 Å². The predicted molar refractivity (Wildman–Crippen MR) is 95.7 cm³/mol. The van der Waals surface area contributed by atoms with Crippen molar-refractivity contribution < 1.29 is 14.3 Å². The number of esters is 1. The largest absolute Gasteiger partial charge is 0.452 e. The minimum absolute atomic E-state index is 0.0917. The SMILES string of the molecule is C[C@@H](OC(=O)C12CC3CC(CC(C3)C1)C2)C(=O)N[C@H]1CCCC[C@@H]1C. The first-order chi connectivity index (χ1) is 11.9. The van der Waals surface area contributed by atoms with Crippen LogP contribution in [-0.2, 0) is 14.3 Å². The quantitative estimate of drug-likeness (QED) is 0.786. The Morgan fingerprint density at radius 3 is 2.12 bits per heavy atom. The van der Waals surface area contributed by atoms with Crippen LogP contribution in [0, 0.1) is 29.1 Å². The molecule has 0 unspecified atom stereocenters. The molecule has 3 atom stereocenters. The van der Waals surface area contributed by atoms with E-state index in [-0.39, 0.29) is 23.3 Å². The van der Waals surface area contributed by atoms with Crippen molar-refractivity contribution in [3.8, 4) is 0 Å². The fourth-order valence-corrected chi connectivity index (χ4v) is 6.53. The number of hydrogen-bond donors (Lipinski definition) is 1. The first kappa shape index (κ1) is 17.4. The predicted octanol–water partition coefficient (Wildman–Crippen LogP) is 3.83. The van der Waals surface area contributed by atoms with Crippen molar-refractivity contribution in [1.82, 2.24) is 5.32 Å². The Balaban J connectivity index is 1.35. The van der Waals surface area contributed by atoms with E-state index in [2.05, 4.69) is 12.2 Å². The highest BCUT2D eigenvalue weighted by Gasteiger charge is 2.55. The van der Waals surface area contributed by atoms with E-state index >= 15 is 0 Å². The number of carbonyl (C=O) groups is 2. The molecule has 0 aromatic rings. The highest BCUT2D eigenvalue weighted by molar-refractivity contribution is 5.85. The minimum Gasteiger partial charge on any atom is -0.452 e. The van der Waals surface area contributed by atoms with Gasteiger partial charge in [-0.3, -0.25) is 9.59 Å². The molecule has 140 valence electrons. The van der Waals surface area contributed by atoms with Gasteiger partial charge < -0.3 is 10.1 Å². The van der Waals surface area contributed by atoms with E-state index in [4.69, 9.17) is 4.74 Å². The Bertz CT molecular complexity index is 508. The van der Waals surface area contributed by atoms with E-state index in [1.165, 1.54) is 38.5 Å². The molecule has 0 heterocycles. The Morgan fingerprint density at radius 2 is 1.56 bits per heavy atom. The van der Waals surface area contributed by atoms with Crippen molar-refractivity contribution in [2.45, 2.75) is 90.2 Å². The van der Waals surface area contributed by atoms with E-state index < -0.39 is 6.10 Å². The smallest absolute Gasteiger partial charge is 0.312 e. The van der Waals surface area contributed by atoms with Gasteiger partial charge in [-0.2, -0.15) is 0 Å². The molecule has 25 heavy (non-hydrogen) atoms. The van der Waals surface area contributed by atoms with Crippen LogP contribution in [0.1, 0.15) is 78.1 Å². The average Bonchev–Trinajstić information content (AvgIpc) is 2.55. The molecule has 5 fully saturated rings. The van der Waals surface area contributed by atoms with Crippen molar-refractivity contribution >= 4 is 11.9 Å². The summed E-state index contributed by atoms with van der Waals surface area (Å²) in [4.78, 5) is 25.5. The van der Waals surface area contributed by atoms with Crippen LogP contribution >= 0.6 is 0 Å². The van der Waals surface area contributed by atoms with E-state index in [1.54, 1.807) is 6.92 Å². The monoisotopic (exact) mass is 347 g/mol. The van der Waals surface area contributed by atoms with Crippen molar-refractivity contribution in [1.29, 1.82) is 0 Å². The van der Waals surface area contributed by atoms with Crippen molar-refractivity contribution in [2.24, 2.45) is 29.1 Å². The van der Waals surface area contributed by atoms with Gasteiger partial charge in [0.15, 0.2) is 6.10 Å². The zero-order chi connectivity index (χ0) is 17.6. The molecule has 1 N–H and O–H groups in total. The van der Waals surface area contributed by atoms with Gasteiger partial charge in [-0.25, -0.2) is 0 Å². The molecule has 5 aliphatic carbocycles. The normalized spacial score (nSPS) is 43.5. The molecule has 0 spiro atoms. The molecule has 0 radical (unpaired) electrons. The summed E-state index contributed by atoms with van der Waals surface area (Å²) in [5, 5.41) is 3.13. The molecule has 0 aromatic carbocycles. The van der Waals surface area contributed by atoms with Crippen molar-refractivity contribution in [2.75, 3.05) is 0 Å². The average molecular weight is 347 g/mol. The Labute approximate surface area is 151 Å². The number of rotatable bonds is 4. The molecule has 5 rings (SSSR count). The topological polar surface area (TPSA) is 55.4 Å². The third-order valence-corrected chi connectivity index (χ3v) is 7.56. The second-order valence-corrected chi connectivity index (χ2v) is 9.62. The second-order valence-electron chi connectivity index (χ2n) is 9.62. The highest BCUT2D eigenvalue weighted by Crippen LogP contribution is 2.60. The van der Waals surface area contributed by atoms with Gasteiger partial charge in [-0.05, 0) is 82.0 Å². The molecule has 4 bridgehead atoms. The standard InChI is InChI=1S/C21H33NO3/c1-13-5-3-4-6-18(13)22-19(23)14(2)25-20(24)21-10-15-7-16(11-21)9-17(8-15)12-21/h13-18H,3-12H2,1-2H3,(H,22,23)/t13-,14+,15?,16?,17?,18-,21?/m0/s1. The molecule has 0 saturated heterocycles. The molecule has 0 aliphatic heterocycles. The number of ether oxygens (including phenoxy) is 1. The lowest BCUT2D eigenvalue weighted by Crippen LogP contribution is -2.52. The third-order valence-electron chi connectivity index (χ3n) is 7.56. The zero-order valence-corrected chi connectivity index (χ0v) is 15.8. The summed E-state index contributed by atoms with van der Waals surface area (Å²) in [7, 11) is 0. The van der Waals surface area contributed by atoms with Crippen LogP contribution in [0.2, 0.25) is 0 Å². The zero-order valence-electron chi connectivity index (χ0n) is 15.8. The minimum atomic E-state index is -0.672. The van der Waals surface area contributed by atoms with E-state index in [9.17, 15) is 9.59 Å². The van der Waals surface area contributed by atoms with Crippen LogP contribution in [0.4, 0.5) is 0 Å². The highest BCUT2D eigenvalue weighted by atomic mass is 16.5. The molecule has 1 amide bonds. The molecule has 4 nitrogen and oxygen atoms in total. The first-order valence-corrected chi connectivity index (χ1v) is 10.5.